The molecule has 2 heterocycles. The first kappa shape index (κ1) is 11.6. The molecule has 1 aliphatic heterocycles. The highest BCUT2D eigenvalue weighted by Crippen LogP contribution is 2.19. The van der Waals surface area contributed by atoms with Crippen molar-refractivity contribution in [2.75, 3.05) is 6.54 Å². The third-order valence-corrected chi connectivity index (χ3v) is 2.97. The second-order valence-electron chi connectivity index (χ2n) is 4.27. The number of amides is 1. The fourth-order valence-corrected chi connectivity index (χ4v) is 2.10. The summed E-state index contributed by atoms with van der Waals surface area (Å²) in [5.41, 5.74) is 0.306. The van der Waals surface area contributed by atoms with Crippen molar-refractivity contribution >= 4 is 11.9 Å². The predicted octanol–water partition coefficient (Wildman–Crippen LogP) is 0.499. The summed E-state index contributed by atoms with van der Waals surface area (Å²) in [5, 5.41) is 9.09. The van der Waals surface area contributed by atoms with Crippen LogP contribution in [0.15, 0.2) is 12.5 Å². The van der Waals surface area contributed by atoms with E-state index in [0.29, 0.717) is 18.7 Å². The number of imidazole rings is 1. The van der Waals surface area contributed by atoms with Gasteiger partial charge < -0.3 is 14.6 Å². The molecule has 0 aliphatic carbocycles. The molecule has 1 amide bonds. The van der Waals surface area contributed by atoms with E-state index in [1.165, 1.54) is 11.2 Å². The lowest BCUT2D eigenvalue weighted by Crippen LogP contribution is -2.48. The summed E-state index contributed by atoms with van der Waals surface area (Å²) in [6.45, 7) is 0.492. The van der Waals surface area contributed by atoms with Crippen LogP contribution in [0.5, 0.6) is 0 Å². The average Bonchev–Trinajstić information content (AvgIpc) is 2.75. The van der Waals surface area contributed by atoms with Crippen LogP contribution in [0.3, 0.4) is 0 Å². The Bertz CT molecular complexity index is 441. The predicted molar refractivity (Wildman–Crippen MR) is 59.5 cm³/mol. The molecule has 6 heteroatoms. The smallest absolute Gasteiger partial charge is 0.326 e. The number of aliphatic carboxylic acids is 1. The fraction of sp³-hybridized carbons (Fsp3) is 0.545. The maximum absolute atomic E-state index is 12.1. The summed E-state index contributed by atoms with van der Waals surface area (Å²) in [5.74, 6) is -1.23. The maximum Gasteiger partial charge on any atom is 0.326 e. The van der Waals surface area contributed by atoms with Crippen LogP contribution in [-0.2, 0) is 11.8 Å². The Morgan fingerprint density at radius 3 is 2.82 bits per heavy atom. The van der Waals surface area contributed by atoms with Crippen LogP contribution in [0.4, 0.5) is 0 Å². The molecule has 1 fully saturated rings. The highest BCUT2D eigenvalue weighted by atomic mass is 16.4. The third kappa shape index (κ3) is 2.30. The first-order chi connectivity index (χ1) is 8.09. The van der Waals surface area contributed by atoms with Crippen LogP contribution in [0.2, 0.25) is 0 Å². The summed E-state index contributed by atoms with van der Waals surface area (Å²) < 4.78 is 1.67. The van der Waals surface area contributed by atoms with Crippen molar-refractivity contribution < 1.29 is 14.7 Å². The van der Waals surface area contributed by atoms with Gasteiger partial charge in [-0.1, -0.05) is 0 Å². The lowest BCUT2D eigenvalue weighted by Gasteiger charge is -2.32. The van der Waals surface area contributed by atoms with Crippen LogP contribution in [0.25, 0.3) is 0 Å². The first-order valence-corrected chi connectivity index (χ1v) is 5.61. The molecule has 1 aromatic rings. The van der Waals surface area contributed by atoms with Crippen molar-refractivity contribution in [1.82, 2.24) is 14.5 Å². The molecule has 1 atom stereocenters. The topological polar surface area (TPSA) is 75.4 Å². The molecular weight excluding hydrogens is 222 g/mol. The molecule has 6 nitrogen and oxygen atoms in total. The number of hydrogen-bond acceptors (Lipinski definition) is 3. The van der Waals surface area contributed by atoms with E-state index in [4.69, 9.17) is 5.11 Å². The molecule has 1 aromatic heterocycles. The molecule has 1 unspecified atom stereocenters. The molecule has 0 radical (unpaired) electrons. The minimum atomic E-state index is -0.936. The van der Waals surface area contributed by atoms with Gasteiger partial charge in [0.15, 0.2) is 0 Å². The summed E-state index contributed by atoms with van der Waals surface area (Å²) in [4.78, 5) is 28.6. The van der Waals surface area contributed by atoms with E-state index in [-0.39, 0.29) is 5.91 Å². The zero-order valence-electron chi connectivity index (χ0n) is 9.67. The number of nitrogens with zero attached hydrogens (tertiary/aromatic N) is 3. The van der Waals surface area contributed by atoms with E-state index in [9.17, 15) is 9.59 Å². The first-order valence-electron chi connectivity index (χ1n) is 5.61. The van der Waals surface area contributed by atoms with E-state index in [1.807, 2.05) is 0 Å². The third-order valence-electron chi connectivity index (χ3n) is 2.97. The molecular formula is C11H15N3O3. The number of likely N-dealkylation sites (tertiary alicyclic amines) is 1. The van der Waals surface area contributed by atoms with Gasteiger partial charge in [0.1, 0.15) is 11.7 Å². The number of carbonyl (C=O) groups excluding carboxylic acids is 1. The van der Waals surface area contributed by atoms with Gasteiger partial charge in [-0.15, -0.1) is 0 Å². The zero-order chi connectivity index (χ0) is 12.4. The number of carboxylic acid groups (broad SMARTS) is 1. The van der Waals surface area contributed by atoms with Crippen LogP contribution < -0.4 is 0 Å². The summed E-state index contributed by atoms with van der Waals surface area (Å²) >= 11 is 0. The number of hydrogen-bond donors (Lipinski definition) is 1. The molecule has 0 aromatic carbocycles. The molecule has 0 saturated carbocycles. The second-order valence-corrected chi connectivity index (χ2v) is 4.27. The molecule has 1 N–H and O–H groups in total. The molecule has 17 heavy (non-hydrogen) atoms. The Labute approximate surface area is 98.9 Å². The van der Waals surface area contributed by atoms with E-state index in [1.54, 1.807) is 17.8 Å². The Kier molecular flexibility index (Phi) is 3.12. The van der Waals surface area contributed by atoms with E-state index >= 15 is 0 Å². The van der Waals surface area contributed by atoms with Gasteiger partial charge in [-0.05, 0) is 19.3 Å². The van der Waals surface area contributed by atoms with Crippen molar-refractivity contribution in [2.45, 2.75) is 25.3 Å². The zero-order valence-corrected chi connectivity index (χ0v) is 9.67. The van der Waals surface area contributed by atoms with E-state index in [2.05, 4.69) is 4.98 Å². The highest BCUT2D eigenvalue weighted by Gasteiger charge is 2.33. The van der Waals surface area contributed by atoms with Crippen molar-refractivity contribution in [3.63, 3.8) is 0 Å². The molecule has 1 saturated heterocycles. The Morgan fingerprint density at radius 1 is 1.47 bits per heavy atom. The number of carbonyl (C=O) groups is 2. The number of rotatable bonds is 2. The summed E-state index contributed by atoms with van der Waals surface area (Å²) in [6.07, 6.45) is 5.36. The van der Waals surface area contributed by atoms with Gasteiger partial charge in [-0.25, -0.2) is 9.78 Å². The number of carboxylic acids is 1. The van der Waals surface area contributed by atoms with Gasteiger partial charge in [0, 0.05) is 19.8 Å². The van der Waals surface area contributed by atoms with Crippen LogP contribution in [0.1, 0.15) is 29.8 Å². The molecule has 92 valence electrons. The average molecular weight is 237 g/mol. The highest BCUT2D eigenvalue weighted by molar-refractivity contribution is 5.95. The van der Waals surface area contributed by atoms with Crippen molar-refractivity contribution in [3.05, 3.63) is 18.2 Å². The van der Waals surface area contributed by atoms with Crippen LogP contribution in [-0.4, -0.2) is 44.0 Å². The van der Waals surface area contributed by atoms with Crippen molar-refractivity contribution in [2.24, 2.45) is 7.05 Å². The van der Waals surface area contributed by atoms with Gasteiger partial charge in [0.25, 0.3) is 5.91 Å². The van der Waals surface area contributed by atoms with Crippen LogP contribution in [0, 0.1) is 0 Å². The van der Waals surface area contributed by atoms with E-state index < -0.39 is 12.0 Å². The monoisotopic (exact) mass is 237 g/mol. The number of aromatic nitrogens is 2. The number of piperidine rings is 1. The lowest BCUT2D eigenvalue weighted by molar-refractivity contribution is -0.143. The molecule has 2 rings (SSSR count). The molecule has 0 bridgehead atoms. The Balaban J connectivity index is 2.19. The normalized spacial score (nSPS) is 20.3. The Morgan fingerprint density at radius 2 is 2.24 bits per heavy atom. The Hall–Kier alpha value is -1.85. The van der Waals surface area contributed by atoms with Gasteiger partial charge >= 0.3 is 5.97 Å². The minimum absolute atomic E-state index is 0.294. The van der Waals surface area contributed by atoms with Gasteiger partial charge in [0.2, 0.25) is 0 Å². The quantitative estimate of drug-likeness (QED) is 0.812. The van der Waals surface area contributed by atoms with Crippen molar-refractivity contribution in [1.29, 1.82) is 0 Å². The van der Waals surface area contributed by atoms with E-state index in [0.717, 1.165) is 12.8 Å². The summed E-state index contributed by atoms with van der Waals surface area (Å²) in [7, 11) is 1.77. The number of aryl methyl sites for hydroxylation is 1. The second kappa shape index (κ2) is 4.57. The van der Waals surface area contributed by atoms with Gasteiger partial charge in [-0.2, -0.15) is 0 Å². The van der Waals surface area contributed by atoms with Gasteiger partial charge in [-0.3, -0.25) is 4.79 Å². The summed E-state index contributed by atoms with van der Waals surface area (Å²) in [6, 6.07) is -0.710. The SMILES string of the molecule is Cn1cnc(C(=O)N2CCCCC2C(=O)O)c1. The van der Waals surface area contributed by atoms with Crippen LogP contribution >= 0.6 is 0 Å². The minimum Gasteiger partial charge on any atom is -0.480 e. The fourth-order valence-electron chi connectivity index (χ4n) is 2.10. The lowest BCUT2D eigenvalue weighted by atomic mass is 10.0. The van der Waals surface area contributed by atoms with Crippen molar-refractivity contribution in [3.8, 4) is 0 Å². The molecule has 0 spiro atoms. The maximum atomic E-state index is 12.1. The molecule has 1 aliphatic rings. The standard InChI is InChI=1S/C11H15N3O3/c1-13-6-8(12-7-13)10(15)14-5-3-2-4-9(14)11(16)17/h6-7,9H,2-5H2,1H3,(H,16,17). The largest absolute Gasteiger partial charge is 0.480 e. The van der Waals surface area contributed by atoms with Gasteiger partial charge in [0.05, 0.1) is 6.33 Å².